The van der Waals surface area contributed by atoms with E-state index in [1.807, 2.05) is 48.8 Å². The van der Waals surface area contributed by atoms with E-state index in [4.69, 9.17) is 4.74 Å². The van der Waals surface area contributed by atoms with Crippen LogP contribution in [0.3, 0.4) is 0 Å². The van der Waals surface area contributed by atoms with Crippen LogP contribution in [0.25, 0.3) is 0 Å². The minimum Gasteiger partial charge on any atom is -0.465 e. The monoisotopic (exact) mass is 306 g/mol. The number of hydrogen-bond acceptors (Lipinski definition) is 3. The first-order chi connectivity index (χ1) is 11.3. The topological polar surface area (TPSA) is 44.1 Å². The van der Waals surface area contributed by atoms with E-state index in [1.54, 1.807) is 6.07 Å². The number of carbonyl (C=O) groups is 1. The molecule has 0 aliphatic heterocycles. The fourth-order valence-corrected chi connectivity index (χ4v) is 2.54. The second-order valence-electron chi connectivity index (χ2n) is 5.33. The van der Waals surface area contributed by atoms with Gasteiger partial charge in [-0.25, -0.2) is 9.78 Å². The summed E-state index contributed by atoms with van der Waals surface area (Å²) in [6.07, 6.45) is 4.55. The molecular formula is C19H18N2O2. The molecule has 1 aromatic heterocycles. The second-order valence-corrected chi connectivity index (χ2v) is 5.33. The van der Waals surface area contributed by atoms with Crippen molar-refractivity contribution in [3.8, 4) is 0 Å². The normalized spacial score (nSPS) is 10.5. The molecule has 0 saturated heterocycles. The lowest BCUT2D eigenvalue weighted by molar-refractivity contribution is 0.0600. The summed E-state index contributed by atoms with van der Waals surface area (Å²) in [6, 6.07) is 17.7. The van der Waals surface area contributed by atoms with Crippen LogP contribution in [0.2, 0.25) is 0 Å². The first kappa shape index (κ1) is 15.0. The molecule has 0 unspecified atom stereocenters. The van der Waals surface area contributed by atoms with Crippen molar-refractivity contribution < 1.29 is 9.53 Å². The van der Waals surface area contributed by atoms with Crippen molar-refractivity contribution in [3.63, 3.8) is 0 Å². The molecule has 4 nitrogen and oxygen atoms in total. The second kappa shape index (κ2) is 6.92. The molecule has 0 aliphatic rings. The summed E-state index contributed by atoms with van der Waals surface area (Å²) in [5, 5.41) is 0. The van der Waals surface area contributed by atoms with E-state index in [0.717, 1.165) is 17.8 Å². The van der Waals surface area contributed by atoms with Crippen LogP contribution in [0.1, 0.15) is 27.3 Å². The maximum absolute atomic E-state index is 11.6. The summed E-state index contributed by atoms with van der Waals surface area (Å²) in [5.74, 6) is 0.682. The third-order valence-corrected chi connectivity index (χ3v) is 3.71. The van der Waals surface area contributed by atoms with Crippen molar-refractivity contribution in [1.82, 2.24) is 9.55 Å². The average molecular weight is 306 g/mol. The average Bonchev–Trinajstić information content (AvgIpc) is 3.02. The van der Waals surface area contributed by atoms with Gasteiger partial charge >= 0.3 is 5.97 Å². The van der Waals surface area contributed by atoms with Crippen molar-refractivity contribution in [3.05, 3.63) is 89.5 Å². The molecule has 0 N–H and O–H groups in total. The van der Waals surface area contributed by atoms with Gasteiger partial charge in [0.1, 0.15) is 5.82 Å². The lowest BCUT2D eigenvalue weighted by atomic mass is 10.1. The van der Waals surface area contributed by atoms with Crippen LogP contribution >= 0.6 is 0 Å². The standard InChI is InChI=1S/C19H18N2O2/c1-23-19(22)17-9-5-8-16(12-17)14-21-11-10-20-18(21)13-15-6-3-2-4-7-15/h2-12H,13-14H2,1H3. The third kappa shape index (κ3) is 3.66. The Hall–Kier alpha value is -2.88. The quantitative estimate of drug-likeness (QED) is 0.679. The first-order valence-corrected chi connectivity index (χ1v) is 7.47. The number of carbonyl (C=O) groups excluding carboxylic acids is 1. The number of hydrogen-bond donors (Lipinski definition) is 0. The van der Waals surface area contributed by atoms with Gasteiger partial charge in [0, 0.05) is 25.4 Å². The molecule has 116 valence electrons. The van der Waals surface area contributed by atoms with E-state index in [1.165, 1.54) is 12.7 Å². The Morgan fingerprint density at radius 3 is 2.65 bits per heavy atom. The lowest BCUT2D eigenvalue weighted by Crippen LogP contribution is -2.07. The molecular weight excluding hydrogens is 288 g/mol. The Labute approximate surface area is 135 Å². The van der Waals surface area contributed by atoms with Crippen molar-refractivity contribution in [1.29, 1.82) is 0 Å². The number of imidazole rings is 1. The highest BCUT2D eigenvalue weighted by Crippen LogP contribution is 2.12. The molecule has 23 heavy (non-hydrogen) atoms. The molecule has 0 saturated carbocycles. The van der Waals surface area contributed by atoms with Gasteiger partial charge in [-0.1, -0.05) is 42.5 Å². The van der Waals surface area contributed by atoms with Gasteiger partial charge in [0.2, 0.25) is 0 Å². The summed E-state index contributed by atoms with van der Waals surface area (Å²) in [4.78, 5) is 16.1. The Kier molecular flexibility index (Phi) is 4.52. The van der Waals surface area contributed by atoms with Crippen molar-refractivity contribution in [2.75, 3.05) is 7.11 Å². The van der Waals surface area contributed by atoms with Crippen LogP contribution in [-0.2, 0) is 17.7 Å². The molecule has 0 spiro atoms. The van der Waals surface area contributed by atoms with Gasteiger partial charge in [-0.15, -0.1) is 0 Å². The zero-order chi connectivity index (χ0) is 16.1. The van der Waals surface area contributed by atoms with Gasteiger partial charge in [0.15, 0.2) is 0 Å². The van der Waals surface area contributed by atoms with E-state index >= 15 is 0 Å². The highest BCUT2D eigenvalue weighted by Gasteiger charge is 2.08. The number of aromatic nitrogens is 2. The molecule has 2 aromatic carbocycles. The smallest absolute Gasteiger partial charge is 0.337 e. The van der Waals surface area contributed by atoms with Crippen LogP contribution in [-0.4, -0.2) is 22.6 Å². The van der Waals surface area contributed by atoms with Crippen LogP contribution in [0.5, 0.6) is 0 Å². The summed E-state index contributed by atoms with van der Waals surface area (Å²) in [6.45, 7) is 0.674. The van der Waals surface area contributed by atoms with Crippen LogP contribution in [0.15, 0.2) is 67.0 Å². The van der Waals surface area contributed by atoms with E-state index in [-0.39, 0.29) is 5.97 Å². The number of methoxy groups -OCH3 is 1. The number of rotatable bonds is 5. The van der Waals surface area contributed by atoms with Gasteiger partial charge in [-0.3, -0.25) is 0 Å². The predicted molar refractivity (Wildman–Crippen MR) is 88.4 cm³/mol. The van der Waals surface area contributed by atoms with Gasteiger partial charge < -0.3 is 9.30 Å². The Morgan fingerprint density at radius 1 is 1.09 bits per heavy atom. The Bertz CT molecular complexity index is 794. The number of benzene rings is 2. The Morgan fingerprint density at radius 2 is 1.87 bits per heavy atom. The van der Waals surface area contributed by atoms with Gasteiger partial charge in [-0.05, 0) is 23.3 Å². The predicted octanol–water partition coefficient (Wildman–Crippen LogP) is 3.31. The Balaban J connectivity index is 1.79. The molecule has 3 aromatic rings. The molecule has 0 radical (unpaired) electrons. The van der Waals surface area contributed by atoms with E-state index < -0.39 is 0 Å². The molecule has 0 atom stereocenters. The minimum absolute atomic E-state index is 0.318. The summed E-state index contributed by atoms with van der Waals surface area (Å²) in [5.41, 5.74) is 2.83. The largest absolute Gasteiger partial charge is 0.465 e. The number of nitrogens with zero attached hydrogens (tertiary/aromatic N) is 2. The maximum atomic E-state index is 11.6. The molecule has 1 heterocycles. The molecule has 0 amide bonds. The van der Waals surface area contributed by atoms with E-state index in [9.17, 15) is 4.79 Å². The molecule has 3 rings (SSSR count). The van der Waals surface area contributed by atoms with Gasteiger partial charge in [0.05, 0.1) is 12.7 Å². The fourth-order valence-electron chi connectivity index (χ4n) is 2.54. The highest BCUT2D eigenvalue weighted by atomic mass is 16.5. The summed E-state index contributed by atoms with van der Waals surface area (Å²) in [7, 11) is 1.39. The number of esters is 1. The van der Waals surface area contributed by atoms with Crippen molar-refractivity contribution in [2.45, 2.75) is 13.0 Å². The first-order valence-electron chi connectivity index (χ1n) is 7.47. The van der Waals surface area contributed by atoms with E-state index in [0.29, 0.717) is 12.1 Å². The zero-order valence-corrected chi connectivity index (χ0v) is 13.0. The van der Waals surface area contributed by atoms with Gasteiger partial charge in [-0.2, -0.15) is 0 Å². The van der Waals surface area contributed by atoms with Crippen molar-refractivity contribution in [2.24, 2.45) is 0 Å². The lowest BCUT2D eigenvalue weighted by Gasteiger charge is -2.09. The highest BCUT2D eigenvalue weighted by molar-refractivity contribution is 5.89. The van der Waals surface area contributed by atoms with Gasteiger partial charge in [0.25, 0.3) is 0 Å². The van der Waals surface area contributed by atoms with Crippen LogP contribution in [0.4, 0.5) is 0 Å². The third-order valence-electron chi connectivity index (χ3n) is 3.71. The summed E-state index contributed by atoms with van der Waals surface area (Å²) >= 11 is 0. The maximum Gasteiger partial charge on any atom is 0.337 e. The molecule has 0 aliphatic carbocycles. The molecule has 0 fully saturated rings. The summed E-state index contributed by atoms with van der Waals surface area (Å²) < 4.78 is 6.87. The zero-order valence-electron chi connectivity index (χ0n) is 13.0. The van der Waals surface area contributed by atoms with Crippen LogP contribution < -0.4 is 0 Å². The van der Waals surface area contributed by atoms with E-state index in [2.05, 4.69) is 21.7 Å². The molecule has 4 heteroatoms. The van der Waals surface area contributed by atoms with Crippen LogP contribution in [0, 0.1) is 0 Å². The molecule has 0 bridgehead atoms. The SMILES string of the molecule is COC(=O)c1cccc(Cn2ccnc2Cc2ccccc2)c1. The number of ether oxygens (including phenoxy) is 1. The minimum atomic E-state index is -0.318. The van der Waals surface area contributed by atoms with Crippen molar-refractivity contribution >= 4 is 5.97 Å². The fraction of sp³-hybridized carbons (Fsp3) is 0.158.